The minimum absolute atomic E-state index is 0.245. The molecule has 0 aliphatic rings. The van der Waals surface area contributed by atoms with Gasteiger partial charge in [-0.05, 0) is 36.8 Å². The summed E-state index contributed by atoms with van der Waals surface area (Å²) >= 11 is 0. The van der Waals surface area contributed by atoms with Crippen LogP contribution in [0.3, 0.4) is 0 Å². The number of nitrogens with one attached hydrogen (secondary N) is 1. The number of carbonyl (C=O) groups is 1. The van der Waals surface area contributed by atoms with E-state index in [1.807, 2.05) is 62.8 Å². The molecule has 0 unspecified atom stereocenters. The van der Waals surface area contributed by atoms with E-state index in [0.717, 1.165) is 22.4 Å². The van der Waals surface area contributed by atoms with Crippen LogP contribution in [0.15, 0.2) is 59.5 Å². The molecule has 154 valence electrons. The second kappa shape index (κ2) is 7.21. The maximum Gasteiger partial charge on any atom is 0.259 e. The quantitative estimate of drug-likeness (QED) is 0.482. The van der Waals surface area contributed by atoms with Gasteiger partial charge in [0.15, 0.2) is 0 Å². The van der Waals surface area contributed by atoms with Crippen molar-refractivity contribution in [2.45, 2.75) is 13.8 Å². The standard InChI is InChI=1S/C22H19N7O2/c1-13-4-5-15(21-24-14(2)31-27-21)10-19(13)25-22(30)17-11-23-29-12-16(6-7-20(17)29)18-8-9-28(3)26-18/h4-12H,1-3H3,(H,25,30). The fourth-order valence-electron chi connectivity index (χ4n) is 3.38. The zero-order valence-corrected chi connectivity index (χ0v) is 17.2. The number of hydrogen-bond donors (Lipinski definition) is 1. The highest BCUT2D eigenvalue weighted by atomic mass is 16.5. The van der Waals surface area contributed by atoms with Crippen molar-refractivity contribution in [3.05, 3.63) is 72.0 Å². The van der Waals surface area contributed by atoms with Gasteiger partial charge in [-0.15, -0.1) is 0 Å². The van der Waals surface area contributed by atoms with Crippen molar-refractivity contribution in [3.63, 3.8) is 0 Å². The minimum atomic E-state index is -0.245. The largest absolute Gasteiger partial charge is 0.339 e. The molecule has 1 amide bonds. The van der Waals surface area contributed by atoms with E-state index in [9.17, 15) is 4.79 Å². The molecule has 1 N–H and O–H groups in total. The highest BCUT2D eigenvalue weighted by molar-refractivity contribution is 6.09. The van der Waals surface area contributed by atoms with Crippen LogP contribution in [0.1, 0.15) is 21.8 Å². The summed E-state index contributed by atoms with van der Waals surface area (Å²) in [7, 11) is 1.87. The van der Waals surface area contributed by atoms with Gasteiger partial charge in [0, 0.05) is 43.2 Å². The van der Waals surface area contributed by atoms with Crippen LogP contribution < -0.4 is 5.32 Å². The lowest BCUT2D eigenvalue weighted by Crippen LogP contribution is -2.12. The Labute approximate surface area is 177 Å². The normalized spacial score (nSPS) is 11.2. The van der Waals surface area contributed by atoms with Gasteiger partial charge in [-0.1, -0.05) is 17.3 Å². The molecule has 0 spiro atoms. The van der Waals surface area contributed by atoms with Crippen LogP contribution in [0.4, 0.5) is 5.69 Å². The van der Waals surface area contributed by atoms with Gasteiger partial charge in [0.05, 0.1) is 23.0 Å². The Balaban J connectivity index is 1.44. The van der Waals surface area contributed by atoms with Gasteiger partial charge < -0.3 is 9.84 Å². The lowest BCUT2D eigenvalue weighted by atomic mass is 10.1. The molecule has 0 atom stereocenters. The van der Waals surface area contributed by atoms with Gasteiger partial charge in [-0.2, -0.15) is 15.2 Å². The number of benzene rings is 1. The van der Waals surface area contributed by atoms with Crippen LogP contribution in [0.5, 0.6) is 0 Å². The fraction of sp³-hybridized carbons (Fsp3) is 0.136. The van der Waals surface area contributed by atoms with E-state index in [2.05, 4.69) is 25.7 Å². The molecule has 0 aliphatic carbocycles. The van der Waals surface area contributed by atoms with Crippen molar-refractivity contribution in [2.75, 3.05) is 5.32 Å². The zero-order chi connectivity index (χ0) is 21.5. The Hall–Kier alpha value is -4.27. The topological polar surface area (TPSA) is 103 Å². The number of rotatable bonds is 4. The van der Waals surface area contributed by atoms with E-state index >= 15 is 0 Å². The van der Waals surface area contributed by atoms with Crippen molar-refractivity contribution >= 4 is 17.1 Å². The van der Waals surface area contributed by atoms with Gasteiger partial charge in [0.25, 0.3) is 5.91 Å². The summed E-state index contributed by atoms with van der Waals surface area (Å²) in [5, 5.41) is 15.7. The zero-order valence-electron chi connectivity index (χ0n) is 17.2. The molecule has 5 aromatic rings. The van der Waals surface area contributed by atoms with Crippen LogP contribution in [-0.2, 0) is 7.05 Å². The van der Waals surface area contributed by atoms with Crippen molar-refractivity contribution in [1.82, 2.24) is 29.5 Å². The number of hydrogen-bond acceptors (Lipinski definition) is 6. The lowest BCUT2D eigenvalue weighted by Gasteiger charge is -2.09. The highest BCUT2D eigenvalue weighted by Crippen LogP contribution is 2.25. The molecule has 0 saturated heterocycles. The third-order valence-corrected chi connectivity index (χ3v) is 5.04. The monoisotopic (exact) mass is 413 g/mol. The molecule has 31 heavy (non-hydrogen) atoms. The fourth-order valence-corrected chi connectivity index (χ4v) is 3.38. The second-order valence-electron chi connectivity index (χ2n) is 7.30. The Kier molecular flexibility index (Phi) is 4.36. The summed E-state index contributed by atoms with van der Waals surface area (Å²) in [6, 6.07) is 11.4. The Bertz CT molecular complexity index is 1430. The van der Waals surface area contributed by atoms with Crippen LogP contribution in [-0.4, -0.2) is 35.4 Å². The van der Waals surface area contributed by atoms with Gasteiger partial charge in [-0.25, -0.2) is 4.52 Å². The summed E-state index contributed by atoms with van der Waals surface area (Å²) in [6.45, 7) is 3.66. The molecule has 5 rings (SSSR count). The first-order valence-electron chi connectivity index (χ1n) is 9.68. The highest BCUT2D eigenvalue weighted by Gasteiger charge is 2.16. The van der Waals surface area contributed by atoms with Crippen LogP contribution >= 0.6 is 0 Å². The van der Waals surface area contributed by atoms with E-state index in [0.29, 0.717) is 28.5 Å². The van der Waals surface area contributed by atoms with Crippen molar-refractivity contribution in [2.24, 2.45) is 7.05 Å². The molecule has 0 bridgehead atoms. The van der Waals surface area contributed by atoms with Crippen molar-refractivity contribution in [3.8, 4) is 22.6 Å². The van der Waals surface area contributed by atoms with Crippen LogP contribution in [0.25, 0.3) is 28.2 Å². The number of pyridine rings is 1. The van der Waals surface area contributed by atoms with E-state index in [1.165, 1.54) is 0 Å². The van der Waals surface area contributed by atoms with Gasteiger partial charge in [0.2, 0.25) is 11.7 Å². The van der Waals surface area contributed by atoms with E-state index in [-0.39, 0.29) is 5.91 Å². The maximum absolute atomic E-state index is 13.0. The SMILES string of the molecule is Cc1nc(-c2ccc(C)c(NC(=O)c3cnn4cc(-c5ccn(C)n5)ccc34)c2)no1. The number of aryl methyl sites for hydroxylation is 3. The maximum atomic E-state index is 13.0. The summed E-state index contributed by atoms with van der Waals surface area (Å²) < 4.78 is 8.48. The van der Waals surface area contributed by atoms with Gasteiger partial charge in [0.1, 0.15) is 0 Å². The second-order valence-corrected chi connectivity index (χ2v) is 7.30. The summed E-state index contributed by atoms with van der Waals surface area (Å²) in [5.74, 6) is 0.716. The number of fused-ring (bicyclic) bond motifs is 1. The van der Waals surface area contributed by atoms with E-state index < -0.39 is 0 Å². The van der Waals surface area contributed by atoms with Gasteiger partial charge in [-0.3, -0.25) is 9.48 Å². The van der Waals surface area contributed by atoms with Crippen molar-refractivity contribution < 1.29 is 9.32 Å². The Morgan fingerprint density at radius 2 is 1.94 bits per heavy atom. The number of amides is 1. The number of nitrogens with zero attached hydrogens (tertiary/aromatic N) is 6. The molecule has 1 aromatic carbocycles. The molecule has 4 heterocycles. The molecule has 0 radical (unpaired) electrons. The molecule has 9 heteroatoms. The van der Waals surface area contributed by atoms with E-state index in [1.54, 1.807) is 22.3 Å². The Morgan fingerprint density at radius 3 is 2.68 bits per heavy atom. The molecule has 0 saturated carbocycles. The van der Waals surface area contributed by atoms with Crippen LogP contribution in [0.2, 0.25) is 0 Å². The first-order chi connectivity index (χ1) is 15.0. The molecule has 9 nitrogen and oxygen atoms in total. The Morgan fingerprint density at radius 1 is 1.10 bits per heavy atom. The smallest absolute Gasteiger partial charge is 0.259 e. The van der Waals surface area contributed by atoms with Crippen LogP contribution in [0, 0.1) is 13.8 Å². The summed E-state index contributed by atoms with van der Waals surface area (Å²) in [6.07, 6.45) is 5.31. The number of aromatic nitrogens is 6. The molecular formula is C22H19N7O2. The lowest BCUT2D eigenvalue weighted by molar-refractivity contribution is 0.102. The average Bonchev–Trinajstić information content (AvgIpc) is 3.48. The third kappa shape index (κ3) is 3.46. The number of carbonyl (C=O) groups excluding carboxylic acids is 1. The summed E-state index contributed by atoms with van der Waals surface area (Å²) in [4.78, 5) is 17.3. The minimum Gasteiger partial charge on any atom is -0.339 e. The number of anilines is 1. The predicted octanol–water partition coefficient (Wildman–Crippen LogP) is 3.65. The van der Waals surface area contributed by atoms with E-state index in [4.69, 9.17) is 4.52 Å². The van der Waals surface area contributed by atoms with Crippen molar-refractivity contribution in [1.29, 1.82) is 0 Å². The van der Waals surface area contributed by atoms with Gasteiger partial charge >= 0.3 is 0 Å². The third-order valence-electron chi connectivity index (χ3n) is 5.04. The first-order valence-corrected chi connectivity index (χ1v) is 9.68. The molecule has 4 aromatic heterocycles. The molecular weight excluding hydrogens is 394 g/mol. The molecule has 0 fully saturated rings. The first kappa shape index (κ1) is 18.7. The average molecular weight is 413 g/mol. The summed E-state index contributed by atoms with van der Waals surface area (Å²) in [5.41, 5.74) is 5.31. The molecule has 0 aliphatic heterocycles. The predicted molar refractivity (Wildman–Crippen MR) is 115 cm³/mol.